The molecule has 0 aliphatic rings. The highest BCUT2D eigenvalue weighted by atomic mass is 35.5. The van der Waals surface area contributed by atoms with Gasteiger partial charge in [0.15, 0.2) is 5.05 Å². The molecule has 0 radical (unpaired) electrons. The second-order valence-electron chi connectivity index (χ2n) is 6.57. The van der Waals surface area contributed by atoms with E-state index in [2.05, 4.69) is 9.38 Å². The Hall–Kier alpha value is -1.34. The minimum Gasteiger partial charge on any atom is -0.483 e. The molecule has 0 aliphatic heterocycles. The molecule has 0 amide bonds. The van der Waals surface area contributed by atoms with Crippen LogP contribution in [0.3, 0.4) is 0 Å². The number of aromatic nitrogens is 1. The van der Waals surface area contributed by atoms with Crippen molar-refractivity contribution in [1.82, 2.24) is 4.98 Å². The molecule has 0 aliphatic carbocycles. The number of thiocarbonyl (C=S) groups is 1. The number of nitrogens with zero attached hydrogens (tertiary/aromatic N) is 2. The third-order valence-corrected chi connectivity index (χ3v) is 5.64. The zero-order chi connectivity index (χ0) is 20.2. The lowest BCUT2D eigenvalue weighted by molar-refractivity contribution is 0.337. The highest BCUT2D eigenvalue weighted by Gasteiger charge is 2.20. The van der Waals surface area contributed by atoms with E-state index in [0.29, 0.717) is 44.1 Å². The van der Waals surface area contributed by atoms with Crippen molar-refractivity contribution in [1.29, 1.82) is 0 Å². The fraction of sp³-hybridized carbons (Fsp3) is 0.316. The molecule has 0 N–H and O–H groups in total. The van der Waals surface area contributed by atoms with Gasteiger partial charge >= 0.3 is 0 Å². The van der Waals surface area contributed by atoms with Crippen LogP contribution in [0.5, 0.6) is 0 Å². The van der Waals surface area contributed by atoms with Gasteiger partial charge in [-0.1, -0.05) is 23.2 Å². The van der Waals surface area contributed by atoms with Crippen LogP contribution in [0.4, 0.5) is 0 Å². The Labute approximate surface area is 177 Å². The van der Waals surface area contributed by atoms with Crippen LogP contribution in [0.25, 0.3) is 11.3 Å². The Kier molecular flexibility index (Phi) is 7.51. The van der Waals surface area contributed by atoms with Gasteiger partial charge in [-0.15, -0.1) is 0 Å². The van der Waals surface area contributed by atoms with Gasteiger partial charge in [0, 0.05) is 28.6 Å². The van der Waals surface area contributed by atoms with Crippen LogP contribution in [0.2, 0.25) is 10.0 Å². The van der Waals surface area contributed by atoms with Gasteiger partial charge in [0.05, 0.1) is 27.6 Å². The summed E-state index contributed by atoms with van der Waals surface area (Å²) in [6, 6.07) is 6.92. The molecule has 8 heteroatoms. The molecule has 1 aromatic carbocycles. The predicted molar refractivity (Wildman–Crippen MR) is 119 cm³/mol. The summed E-state index contributed by atoms with van der Waals surface area (Å²) in [5.74, 6) is 0. The standard InChI is InChI=1S/C19H20Cl2N2O2S2/c1-5-25-18(26)14-7-6-8-22-17(14)16-12(9-13(20)10-15(16)21)11-23-27(24)19(2,3)4/h6-11H,5H2,1-4H3/b23-11-. The molecule has 0 saturated heterocycles. The second-order valence-corrected chi connectivity index (χ2v) is 9.72. The smallest absolute Gasteiger partial charge is 0.193 e. The van der Waals surface area contributed by atoms with Crippen LogP contribution >= 0.6 is 35.4 Å². The van der Waals surface area contributed by atoms with E-state index < -0.39 is 15.7 Å². The minimum absolute atomic E-state index is 0.327. The van der Waals surface area contributed by atoms with E-state index in [0.717, 1.165) is 0 Å². The Bertz CT molecular complexity index is 909. The van der Waals surface area contributed by atoms with Crippen LogP contribution in [0.15, 0.2) is 34.9 Å². The number of halogens is 2. The topological polar surface area (TPSA) is 51.6 Å². The summed E-state index contributed by atoms with van der Waals surface area (Å²) in [5, 5.41) is 1.16. The molecule has 1 atom stereocenters. The molecule has 1 unspecified atom stereocenters. The van der Waals surface area contributed by atoms with Crippen LogP contribution < -0.4 is 0 Å². The van der Waals surface area contributed by atoms with E-state index in [9.17, 15) is 4.21 Å². The number of hydrogen-bond acceptors (Lipinski definition) is 4. The lowest BCUT2D eigenvalue weighted by Gasteiger charge is -2.15. The van der Waals surface area contributed by atoms with Crippen LogP contribution in [0.1, 0.15) is 38.8 Å². The first-order valence-corrected chi connectivity index (χ1v) is 10.5. The van der Waals surface area contributed by atoms with E-state index in [1.807, 2.05) is 33.8 Å². The summed E-state index contributed by atoms with van der Waals surface area (Å²) in [6.45, 7) is 7.86. The summed E-state index contributed by atoms with van der Waals surface area (Å²) in [4.78, 5) is 4.45. The summed E-state index contributed by atoms with van der Waals surface area (Å²) >= 11 is 18.0. The van der Waals surface area contributed by atoms with E-state index in [4.69, 9.17) is 40.2 Å². The quantitative estimate of drug-likeness (QED) is 0.443. The van der Waals surface area contributed by atoms with Gasteiger partial charge in [0.25, 0.3) is 0 Å². The lowest BCUT2D eigenvalue weighted by Crippen LogP contribution is -2.19. The molecule has 0 fully saturated rings. The van der Waals surface area contributed by atoms with E-state index in [1.54, 1.807) is 24.4 Å². The van der Waals surface area contributed by atoms with E-state index in [1.165, 1.54) is 6.21 Å². The average Bonchev–Trinajstić information content (AvgIpc) is 2.58. The van der Waals surface area contributed by atoms with Gasteiger partial charge in [-0.05, 0) is 64.2 Å². The zero-order valence-corrected chi connectivity index (χ0v) is 18.6. The number of rotatable bonds is 5. The highest BCUT2D eigenvalue weighted by Crippen LogP contribution is 2.34. The molecule has 27 heavy (non-hydrogen) atoms. The van der Waals surface area contributed by atoms with Crippen molar-refractivity contribution in [3.8, 4) is 11.3 Å². The van der Waals surface area contributed by atoms with Gasteiger partial charge in [0.2, 0.25) is 0 Å². The van der Waals surface area contributed by atoms with Crippen molar-refractivity contribution in [3.63, 3.8) is 0 Å². The fourth-order valence-electron chi connectivity index (χ4n) is 2.19. The summed E-state index contributed by atoms with van der Waals surface area (Å²) in [5.41, 5.74) is 2.41. The first-order chi connectivity index (χ1) is 12.6. The summed E-state index contributed by atoms with van der Waals surface area (Å²) in [6.07, 6.45) is 3.16. The Morgan fingerprint density at radius 2 is 2.07 bits per heavy atom. The predicted octanol–water partition coefficient (Wildman–Crippen LogP) is 5.65. The molecule has 144 valence electrons. The third kappa shape index (κ3) is 5.57. The van der Waals surface area contributed by atoms with Gasteiger partial charge < -0.3 is 4.74 Å². The van der Waals surface area contributed by atoms with Crippen LogP contribution in [0, 0.1) is 0 Å². The van der Waals surface area contributed by atoms with Crippen molar-refractivity contribution in [2.75, 3.05) is 6.61 Å². The average molecular weight is 443 g/mol. The maximum Gasteiger partial charge on any atom is 0.193 e. The Morgan fingerprint density at radius 1 is 1.37 bits per heavy atom. The molecule has 0 saturated carbocycles. The number of hydrogen-bond donors (Lipinski definition) is 0. The molecule has 2 rings (SSSR count). The summed E-state index contributed by atoms with van der Waals surface area (Å²) < 4.78 is 21.5. The number of benzene rings is 1. The van der Waals surface area contributed by atoms with Gasteiger partial charge in [0.1, 0.15) is 11.0 Å². The van der Waals surface area contributed by atoms with Crippen molar-refractivity contribution in [2.45, 2.75) is 32.4 Å². The van der Waals surface area contributed by atoms with E-state index in [-0.39, 0.29) is 0 Å². The third-order valence-electron chi connectivity index (χ3n) is 3.44. The lowest BCUT2D eigenvalue weighted by atomic mass is 10.0. The van der Waals surface area contributed by atoms with Crippen molar-refractivity contribution in [3.05, 3.63) is 51.6 Å². The normalized spacial score (nSPS) is 13.0. The molecule has 0 bridgehead atoms. The number of pyridine rings is 1. The monoisotopic (exact) mass is 442 g/mol. The molecular formula is C19H20Cl2N2O2S2. The molecule has 1 aromatic heterocycles. The van der Waals surface area contributed by atoms with Gasteiger partial charge in [-0.3, -0.25) is 4.98 Å². The van der Waals surface area contributed by atoms with Crippen LogP contribution in [-0.4, -0.2) is 31.8 Å². The minimum atomic E-state index is -1.42. The first-order valence-electron chi connectivity index (χ1n) is 8.22. The fourth-order valence-corrected chi connectivity index (χ4v) is 3.59. The molecular weight excluding hydrogens is 423 g/mol. The highest BCUT2D eigenvalue weighted by molar-refractivity contribution is 7.85. The van der Waals surface area contributed by atoms with Crippen LogP contribution in [-0.2, 0) is 15.7 Å². The maximum atomic E-state index is 12.3. The zero-order valence-electron chi connectivity index (χ0n) is 15.5. The largest absolute Gasteiger partial charge is 0.483 e. The summed E-state index contributed by atoms with van der Waals surface area (Å²) in [7, 11) is -1.42. The van der Waals surface area contributed by atoms with Gasteiger partial charge in [-0.2, -0.15) is 4.40 Å². The Balaban J connectivity index is 2.64. The SMILES string of the molecule is CCOC(=S)c1cccnc1-c1c(Cl)cc(Cl)cc1/C=N\S(=O)C(C)(C)C. The molecule has 1 heterocycles. The molecule has 0 spiro atoms. The van der Waals surface area contributed by atoms with Crippen molar-refractivity contribution in [2.24, 2.45) is 4.40 Å². The molecule has 4 nitrogen and oxygen atoms in total. The van der Waals surface area contributed by atoms with Gasteiger partial charge in [-0.25, -0.2) is 4.21 Å². The Morgan fingerprint density at radius 3 is 2.70 bits per heavy atom. The maximum absolute atomic E-state index is 12.3. The second kappa shape index (κ2) is 9.24. The number of ether oxygens (including phenoxy) is 1. The van der Waals surface area contributed by atoms with Crippen molar-refractivity contribution >= 4 is 57.7 Å². The first kappa shape index (κ1) is 22.0. The molecule has 2 aromatic rings. The van der Waals surface area contributed by atoms with E-state index >= 15 is 0 Å². The van der Waals surface area contributed by atoms with Crippen molar-refractivity contribution < 1.29 is 8.95 Å².